The number of nitrogens with zero attached hydrogens (tertiary/aromatic N) is 2. The lowest BCUT2D eigenvalue weighted by molar-refractivity contribution is -0.384. The van der Waals surface area contributed by atoms with Crippen LogP contribution in [-0.2, 0) is 0 Å². The van der Waals surface area contributed by atoms with Crippen molar-refractivity contribution in [2.75, 3.05) is 32.1 Å². The molecule has 0 aromatic heterocycles. The SMILES string of the molecule is COc1ccc(C(CNC(=O)Nc2cccc([N+](=O)[O-])c2)N2CCCC2)cc1. The van der Waals surface area contributed by atoms with E-state index in [1.165, 1.54) is 18.2 Å². The first-order chi connectivity index (χ1) is 13.6. The lowest BCUT2D eigenvalue weighted by Gasteiger charge is -2.28. The molecule has 1 heterocycles. The fourth-order valence-corrected chi connectivity index (χ4v) is 3.40. The molecule has 8 heteroatoms. The quantitative estimate of drug-likeness (QED) is 0.562. The van der Waals surface area contributed by atoms with Gasteiger partial charge in [-0.2, -0.15) is 0 Å². The molecule has 0 radical (unpaired) electrons. The molecule has 0 spiro atoms. The molecule has 0 saturated carbocycles. The van der Waals surface area contributed by atoms with Crippen LogP contribution in [0.25, 0.3) is 0 Å². The van der Waals surface area contributed by atoms with Gasteiger partial charge in [0.25, 0.3) is 5.69 Å². The Labute approximate surface area is 163 Å². The summed E-state index contributed by atoms with van der Waals surface area (Å²) in [5.41, 5.74) is 1.43. The second kappa shape index (κ2) is 9.18. The van der Waals surface area contributed by atoms with Crippen LogP contribution >= 0.6 is 0 Å². The summed E-state index contributed by atoms with van der Waals surface area (Å²) >= 11 is 0. The molecular weight excluding hydrogens is 360 g/mol. The van der Waals surface area contributed by atoms with Gasteiger partial charge < -0.3 is 15.4 Å². The number of ether oxygens (including phenoxy) is 1. The number of non-ortho nitro benzene ring substituents is 1. The van der Waals surface area contributed by atoms with Crippen LogP contribution in [0.5, 0.6) is 5.75 Å². The van der Waals surface area contributed by atoms with Crippen molar-refractivity contribution < 1.29 is 14.5 Å². The number of nitro benzene ring substituents is 1. The maximum Gasteiger partial charge on any atom is 0.319 e. The lowest BCUT2D eigenvalue weighted by atomic mass is 10.1. The van der Waals surface area contributed by atoms with Crippen molar-refractivity contribution in [2.24, 2.45) is 0 Å². The van der Waals surface area contributed by atoms with Crippen LogP contribution in [-0.4, -0.2) is 42.6 Å². The molecule has 1 unspecified atom stereocenters. The zero-order valence-corrected chi connectivity index (χ0v) is 15.8. The van der Waals surface area contributed by atoms with Crippen molar-refractivity contribution in [2.45, 2.75) is 18.9 Å². The monoisotopic (exact) mass is 384 g/mol. The number of carbonyl (C=O) groups is 1. The Bertz CT molecular complexity index is 819. The summed E-state index contributed by atoms with van der Waals surface area (Å²) in [6.07, 6.45) is 2.29. The minimum Gasteiger partial charge on any atom is -0.497 e. The van der Waals surface area contributed by atoms with Crippen molar-refractivity contribution in [1.82, 2.24) is 10.2 Å². The maximum atomic E-state index is 12.3. The third-order valence-electron chi connectivity index (χ3n) is 4.85. The van der Waals surface area contributed by atoms with Gasteiger partial charge in [0.2, 0.25) is 0 Å². The number of methoxy groups -OCH3 is 1. The average Bonchev–Trinajstić information content (AvgIpc) is 3.23. The van der Waals surface area contributed by atoms with Crippen LogP contribution in [0.3, 0.4) is 0 Å². The third kappa shape index (κ3) is 4.98. The van der Waals surface area contributed by atoms with E-state index in [-0.39, 0.29) is 11.7 Å². The molecule has 1 saturated heterocycles. The topological polar surface area (TPSA) is 96.7 Å². The molecule has 28 heavy (non-hydrogen) atoms. The Morgan fingerprint density at radius 2 is 1.93 bits per heavy atom. The highest BCUT2D eigenvalue weighted by molar-refractivity contribution is 5.89. The Hall–Kier alpha value is -3.13. The number of anilines is 1. The first-order valence-corrected chi connectivity index (χ1v) is 9.24. The van der Waals surface area contributed by atoms with Gasteiger partial charge in [0, 0.05) is 24.4 Å². The molecule has 8 nitrogen and oxygen atoms in total. The van der Waals surface area contributed by atoms with Gasteiger partial charge in [0.1, 0.15) is 5.75 Å². The average molecular weight is 384 g/mol. The summed E-state index contributed by atoms with van der Waals surface area (Å²) in [7, 11) is 1.63. The van der Waals surface area contributed by atoms with Crippen molar-refractivity contribution in [3.8, 4) is 5.75 Å². The van der Waals surface area contributed by atoms with E-state index in [0.717, 1.165) is 37.2 Å². The molecule has 2 amide bonds. The zero-order valence-electron chi connectivity index (χ0n) is 15.8. The molecule has 2 aromatic carbocycles. The van der Waals surface area contributed by atoms with Crippen molar-refractivity contribution in [3.63, 3.8) is 0 Å². The first-order valence-electron chi connectivity index (χ1n) is 9.24. The van der Waals surface area contributed by atoms with Gasteiger partial charge in [0.05, 0.1) is 18.1 Å². The second-order valence-corrected chi connectivity index (χ2v) is 6.67. The Balaban J connectivity index is 1.64. The number of rotatable bonds is 7. The molecule has 1 fully saturated rings. The number of nitrogens with one attached hydrogen (secondary N) is 2. The minimum atomic E-state index is -0.490. The molecule has 1 atom stereocenters. The van der Waals surface area contributed by atoms with Crippen LogP contribution in [0.2, 0.25) is 0 Å². The summed E-state index contributed by atoms with van der Waals surface area (Å²) in [4.78, 5) is 25.0. The van der Waals surface area contributed by atoms with Gasteiger partial charge in [-0.1, -0.05) is 18.2 Å². The summed E-state index contributed by atoms with van der Waals surface area (Å²) in [5, 5.41) is 16.4. The van der Waals surface area contributed by atoms with Crippen molar-refractivity contribution >= 4 is 17.4 Å². The molecule has 0 aliphatic carbocycles. The van der Waals surface area contributed by atoms with E-state index in [2.05, 4.69) is 15.5 Å². The fraction of sp³-hybridized carbons (Fsp3) is 0.350. The summed E-state index contributed by atoms with van der Waals surface area (Å²) < 4.78 is 5.22. The van der Waals surface area contributed by atoms with E-state index in [9.17, 15) is 14.9 Å². The highest BCUT2D eigenvalue weighted by Crippen LogP contribution is 2.26. The standard InChI is InChI=1S/C20H24N4O4/c1-28-18-9-7-15(8-10-18)19(23-11-2-3-12-23)14-21-20(25)22-16-5-4-6-17(13-16)24(26)27/h4-10,13,19H,2-3,11-12,14H2,1H3,(H2,21,22,25). The number of likely N-dealkylation sites (tertiary alicyclic amines) is 1. The Morgan fingerprint density at radius 1 is 1.21 bits per heavy atom. The van der Waals surface area contributed by atoms with Crippen molar-refractivity contribution in [3.05, 3.63) is 64.2 Å². The first kappa shape index (κ1) is 19.6. The summed E-state index contributed by atoms with van der Waals surface area (Å²) in [6, 6.07) is 13.4. The van der Waals surface area contributed by atoms with E-state index >= 15 is 0 Å². The van der Waals surface area contributed by atoms with Crippen LogP contribution in [0, 0.1) is 10.1 Å². The number of amides is 2. The molecule has 148 valence electrons. The number of hydrogen-bond donors (Lipinski definition) is 2. The van der Waals surface area contributed by atoms with E-state index in [4.69, 9.17) is 4.74 Å². The van der Waals surface area contributed by atoms with Gasteiger partial charge in [-0.15, -0.1) is 0 Å². The van der Waals surface area contributed by atoms with Gasteiger partial charge in [-0.05, 0) is 49.7 Å². The van der Waals surface area contributed by atoms with E-state index in [0.29, 0.717) is 12.2 Å². The fourth-order valence-electron chi connectivity index (χ4n) is 3.40. The van der Waals surface area contributed by atoms with Crippen molar-refractivity contribution in [1.29, 1.82) is 0 Å². The third-order valence-corrected chi connectivity index (χ3v) is 4.85. The van der Waals surface area contributed by atoms with E-state index < -0.39 is 11.0 Å². The smallest absolute Gasteiger partial charge is 0.319 e. The van der Waals surface area contributed by atoms with Crippen LogP contribution in [0.15, 0.2) is 48.5 Å². The largest absolute Gasteiger partial charge is 0.497 e. The molecular formula is C20H24N4O4. The Morgan fingerprint density at radius 3 is 2.57 bits per heavy atom. The molecule has 2 N–H and O–H groups in total. The van der Waals surface area contributed by atoms with E-state index in [1.54, 1.807) is 13.2 Å². The zero-order chi connectivity index (χ0) is 19.9. The number of carbonyl (C=O) groups excluding carboxylic acids is 1. The molecule has 1 aliphatic rings. The van der Waals surface area contributed by atoms with Crippen LogP contribution in [0.1, 0.15) is 24.4 Å². The maximum absolute atomic E-state index is 12.3. The van der Waals surface area contributed by atoms with Gasteiger partial charge in [0.15, 0.2) is 0 Å². The Kier molecular flexibility index (Phi) is 6.44. The van der Waals surface area contributed by atoms with Crippen LogP contribution in [0.4, 0.5) is 16.2 Å². The molecule has 2 aromatic rings. The number of benzene rings is 2. The predicted octanol–water partition coefficient (Wildman–Crippen LogP) is 3.56. The summed E-state index contributed by atoms with van der Waals surface area (Å²) in [6.45, 7) is 2.42. The normalized spacial score (nSPS) is 15.0. The number of nitro groups is 1. The lowest BCUT2D eigenvalue weighted by Crippen LogP contribution is -2.38. The second-order valence-electron chi connectivity index (χ2n) is 6.67. The highest BCUT2D eigenvalue weighted by atomic mass is 16.6. The number of hydrogen-bond acceptors (Lipinski definition) is 5. The molecule has 1 aliphatic heterocycles. The predicted molar refractivity (Wildman–Crippen MR) is 107 cm³/mol. The molecule has 3 rings (SSSR count). The molecule has 0 bridgehead atoms. The summed E-state index contributed by atoms with van der Waals surface area (Å²) in [5.74, 6) is 0.792. The highest BCUT2D eigenvalue weighted by Gasteiger charge is 2.24. The van der Waals surface area contributed by atoms with Gasteiger partial charge in [-0.25, -0.2) is 4.79 Å². The minimum absolute atomic E-state index is 0.0595. The number of urea groups is 1. The van der Waals surface area contributed by atoms with Crippen LogP contribution < -0.4 is 15.4 Å². The van der Waals surface area contributed by atoms with Gasteiger partial charge in [-0.3, -0.25) is 15.0 Å². The van der Waals surface area contributed by atoms with E-state index in [1.807, 2.05) is 24.3 Å². The van der Waals surface area contributed by atoms with Gasteiger partial charge >= 0.3 is 6.03 Å².